The van der Waals surface area contributed by atoms with Crippen molar-refractivity contribution in [3.05, 3.63) is 52.0 Å². The van der Waals surface area contributed by atoms with Crippen LogP contribution >= 0.6 is 15.9 Å². The number of nitrogens with two attached hydrogens (primary N) is 1. The maximum absolute atomic E-state index is 12.1. The van der Waals surface area contributed by atoms with Gasteiger partial charge in [0.15, 0.2) is 6.61 Å². The van der Waals surface area contributed by atoms with Gasteiger partial charge < -0.3 is 10.1 Å². The fourth-order valence-corrected chi connectivity index (χ4v) is 3.01. The molecule has 0 aliphatic heterocycles. The molecule has 6 nitrogen and oxygen atoms in total. The Balaban J connectivity index is 2.12. The second-order valence-corrected chi connectivity index (χ2v) is 7.73. The second-order valence-electron chi connectivity index (χ2n) is 5.25. The maximum Gasteiger partial charge on any atom is 0.262 e. The van der Waals surface area contributed by atoms with Crippen molar-refractivity contribution in [2.75, 3.05) is 11.9 Å². The third kappa shape index (κ3) is 4.80. The number of nitrogens with one attached hydrogen (secondary N) is 1. The summed E-state index contributed by atoms with van der Waals surface area (Å²) in [7, 11) is -3.85. The molecule has 0 heterocycles. The molecule has 2 rings (SSSR count). The number of halogens is 1. The predicted octanol–water partition coefficient (Wildman–Crippen LogP) is 2.73. The number of hydrogen-bond acceptors (Lipinski definition) is 4. The van der Waals surface area contributed by atoms with Crippen LogP contribution in [0.2, 0.25) is 0 Å². The van der Waals surface area contributed by atoms with E-state index in [9.17, 15) is 13.2 Å². The Morgan fingerprint density at radius 2 is 1.96 bits per heavy atom. The van der Waals surface area contributed by atoms with Crippen molar-refractivity contribution in [2.24, 2.45) is 5.14 Å². The summed E-state index contributed by atoms with van der Waals surface area (Å²) in [5, 5.41) is 7.81. The van der Waals surface area contributed by atoms with Crippen molar-refractivity contribution in [1.82, 2.24) is 0 Å². The lowest BCUT2D eigenvalue weighted by Gasteiger charge is -2.13. The largest absolute Gasteiger partial charge is 0.484 e. The van der Waals surface area contributed by atoms with E-state index in [0.29, 0.717) is 17.0 Å². The van der Waals surface area contributed by atoms with Crippen molar-refractivity contribution in [3.63, 3.8) is 0 Å². The zero-order valence-electron chi connectivity index (χ0n) is 13.2. The van der Waals surface area contributed by atoms with Crippen molar-refractivity contribution in [2.45, 2.75) is 18.7 Å². The minimum atomic E-state index is -3.85. The van der Waals surface area contributed by atoms with E-state index in [-0.39, 0.29) is 11.5 Å². The predicted molar refractivity (Wildman–Crippen MR) is 95.6 cm³/mol. The zero-order valence-corrected chi connectivity index (χ0v) is 15.6. The van der Waals surface area contributed by atoms with Gasteiger partial charge in [0.2, 0.25) is 10.0 Å². The summed E-state index contributed by atoms with van der Waals surface area (Å²) in [5.41, 5.74) is 1.87. The van der Waals surface area contributed by atoms with Crippen LogP contribution in [0.4, 0.5) is 5.69 Å². The van der Waals surface area contributed by atoms with Crippen molar-refractivity contribution < 1.29 is 17.9 Å². The molecule has 0 atom stereocenters. The van der Waals surface area contributed by atoms with E-state index in [1.165, 1.54) is 12.1 Å². The number of benzene rings is 2. The fourth-order valence-electron chi connectivity index (χ4n) is 2.01. The fraction of sp³-hybridized carbons (Fsp3) is 0.188. The van der Waals surface area contributed by atoms with Crippen LogP contribution in [0, 0.1) is 13.8 Å². The molecule has 0 saturated carbocycles. The Morgan fingerprint density at radius 3 is 2.58 bits per heavy atom. The van der Waals surface area contributed by atoms with Gasteiger partial charge in [-0.15, -0.1) is 0 Å². The van der Waals surface area contributed by atoms with E-state index in [1.54, 1.807) is 32.0 Å². The van der Waals surface area contributed by atoms with Crippen molar-refractivity contribution >= 4 is 37.5 Å². The molecule has 0 fully saturated rings. The van der Waals surface area contributed by atoms with Crippen LogP contribution < -0.4 is 15.2 Å². The number of carbonyl (C=O) groups excluding carboxylic acids is 1. The number of rotatable bonds is 5. The molecule has 0 unspecified atom stereocenters. The normalized spacial score (nSPS) is 11.2. The molecule has 0 aliphatic rings. The van der Waals surface area contributed by atoms with E-state index < -0.39 is 15.9 Å². The summed E-state index contributed by atoms with van der Waals surface area (Å²) in [5.74, 6) is 0.148. The number of sulfonamides is 1. The maximum atomic E-state index is 12.1. The van der Waals surface area contributed by atoms with E-state index in [0.717, 1.165) is 10.0 Å². The van der Waals surface area contributed by atoms with Crippen LogP contribution in [-0.4, -0.2) is 20.9 Å². The minimum Gasteiger partial charge on any atom is -0.484 e. The molecule has 2 aromatic rings. The monoisotopic (exact) mass is 412 g/mol. The van der Waals surface area contributed by atoms with Gasteiger partial charge in [-0.25, -0.2) is 13.6 Å². The lowest BCUT2D eigenvalue weighted by Crippen LogP contribution is -2.21. The second kappa shape index (κ2) is 7.33. The van der Waals surface area contributed by atoms with Crippen LogP contribution in [0.15, 0.2) is 45.8 Å². The van der Waals surface area contributed by atoms with Crippen molar-refractivity contribution in [1.29, 1.82) is 0 Å². The Hall–Kier alpha value is -1.90. The number of carbonyl (C=O) groups is 1. The first-order valence-corrected chi connectivity index (χ1v) is 9.33. The molecule has 0 spiro atoms. The van der Waals surface area contributed by atoms with E-state index in [4.69, 9.17) is 9.88 Å². The van der Waals surface area contributed by atoms with Crippen molar-refractivity contribution in [3.8, 4) is 5.75 Å². The first kappa shape index (κ1) is 18.4. The molecule has 0 bridgehead atoms. The molecular formula is C16H17BrN2O4S. The highest BCUT2D eigenvalue weighted by molar-refractivity contribution is 9.10. The van der Waals surface area contributed by atoms with Gasteiger partial charge in [0, 0.05) is 10.2 Å². The van der Waals surface area contributed by atoms with Crippen LogP contribution in [0.25, 0.3) is 0 Å². The molecule has 128 valence electrons. The Kier molecular flexibility index (Phi) is 5.63. The number of primary sulfonamides is 1. The summed E-state index contributed by atoms with van der Waals surface area (Å²) in [6.07, 6.45) is 0. The first-order chi connectivity index (χ1) is 11.2. The molecule has 0 aliphatic carbocycles. The number of aryl methyl sites for hydroxylation is 1. The zero-order chi connectivity index (χ0) is 17.9. The van der Waals surface area contributed by atoms with Gasteiger partial charge >= 0.3 is 0 Å². The summed E-state index contributed by atoms with van der Waals surface area (Å²) in [6.45, 7) is 3.33. The third-order valence-corrected chi connectivity index (χ3v) is 4.80. The number of amides is 1. The standard InChI is InChI=1S/C16H17BrN2O4S/c1-10-6-14(24(18,21)22)8-15(11(10)2)19-16(20)9-23-13-5-3-4-12(17)7-13/h3-8H,9H2,1-2H3,(H,19,20)(H2,18,21,22). The number of hydrogen-bond donors (Lipinski definition) is 2. The number of ether oxygens (including phenoxy) is 1. The van der Waals surface area contributed by atoms with Gasteiger partial charge in [0.05, 0.1) is 4.90 Å². The summed E-state index contributed by atoms with van der Waals surface area (Å²) in [4.78, 5) is 12.0. The average molecular weight is 413 g/mol. The molecule has 1 amide bonds. The Bertz CT molecular complexity index is 882. The van der Waals surface area contributed by atoms with Gasteiger partial charge in [-0.2, -0.15) is 0 Å². The highest BCUT2D eigenvalue weighted by Crippen LogP contribution is 2.23. The molecule has 3 N–H and O–H groups in total. The summed E-state index contributed by atoms with van der Waals surface area (Å²) < 4.78 is 29.3. The molecular weight excluding hydrogens is 396 g/mol. The van der Waals surface area contributed by atoms with E-state index in [1.807, 2.05) is 6.07 Å². The minimum absolute atomic E-state index is 0.0474. The van der Waals surface area contributed by atoms with Gasteiger partial charge in [-0.1, -0.05) is 22.0 Å². The summed E-state index contributed by atoms with van der Waals surface area (Å²) >= 11 is 3.32. The van der Waals surface area contributed by atoms with Crippen LogP contribution in [0.5, 0.6) is 5.75 Å². The van der Waals surface area contributed by atoms with Gasteiger partial charge in [-0.3, -0.25) is 4.79 Å². The number of anilines is 1. The molecule has 0 saturated heterocycles. The molecule has 2 aromatic carbocycles. The lowest BCUT2D eigenvalue weighted by atomic mass is 10.1. The molecule has 0 aromatic heterocycles. The van der Waals surface area contributed by atoms with Gasteiger partial charge in [0.25, 0.3) is 5.91 Å². The van der Waals surface area contributed by atoms with Gasteiger partial charge in [-0.05, 0) is 55.3 Å². The van der Waals surface area contributed by atoms with Crippen LogP contribution in [-0.2, 0) is 14.8 Å². The van der Waals surface area contributed by atoms with E-state index >= 15 is 0 Å². The Labute approximate surface area is 149 Å². The van der Waals surface area contributed by atoms with Gasteiger partial charge in [0.1, 0.15) is 5.75 Å². The summed E-state index contributed by atoms with van der Waals surface area (Å²) in [6, 6.07) is 9.92. The molecule has 24 heavy (non-hydrogen) atoms. The lowest BCUT2D eigenvalue weighted by molar-refractivity contribution is -0.118. The average Bonchev–Trinajstić information content (AvgIpc) is 2.48. The van der Waals surface area contributed by atoms with Crippen LogP contribution in [0.3, 0.4) is 0 Å². The highest BCUT2D eigenvalue weighted by Gasteiger charge is 2.14. The Morgan fingerprint density at radius 1 is 1.25 bits per heavy atom. The first-order valence-electron chi connectivity index (χ1n) is 6.99. The smallest absolute Gasteiger partial charge is 0.262 e. The SMILES string of the molecule is Cc1cc(S(N)(=O)=O)cc(NC(=O)COc2cccc(Br)c2)c1C. The third-order valence-electron chi connectivity index (χ3n) is 3.41. The quantitative estimate of drug-likeness (QED) is 0.788. The highest BCUT2D eigenvalue weighted by atomic mass is 79.9. The molecule has 8 heteroatoms. The topological polar surface area (TPSA) is 98.5 Å². The van der Waals surface area contributed by atoms with Crippen LogP contribution in [0.1, 0.15) is 11.1 Å². The van der Waals surface area contributed by atoms with E-state index in [2.05, 4.69) is 21.2 Å². The molecule has 0 radical (unpaired) electrons.